The molecule has 1 atom stereocenters. The molecule has 1 aromatic carbocycles. The Morgan fingerprint density at radius 3 is 2.76 bits per heavy atom. The third-order valence-corrected chi connectivity index (χ3v) is 3.11. The summed E-state index contributed by atoms with van der Waals surface area (Å²) in [5.41, 5.74) is 1.15. The fourth-order valence-electron chi connectivity index (χ4n) is 1.40. The second-order valence-electron chi connectivity index (χ2n) is 3.77. The summed E-state index contributed by atoms with van der Waals surface area (Å²) in [7, 11) is 0. The molecular weight excluding hydrogens is 264 g/mol. The van der Waals surface area contributed by atoms with Gasteiger partial charge in [-0.3, -0.25) is 0 Å². The third kappa shape index (κ3) is 3.68. The zero-order valence-electron chi connectivity index (χ0n) is 9.43. The second-order valence-corrected chi connectivity index (χ2v) is 4.55. The topological polar surface area (TPSA) is 32.3 Å². The molecule has 1 aromatic rings. The molecule has 0 amide bonds. The molecule has 0 spiro atoms. The van der Waals surface area contributed by atoms with Gasteiger partial charge in [-0.25, -0.2) is 4.39 Å². The lowest BCUT2D eigenvalue weighted by Gasteiger charge is -2.17. The molecule has 1 rings (SSSR count). The summed E-state index contributed by atoms with van der Waals surface area (Å²) >= 11 is 11.9. The predicted molar refractivity (Wildman–Crippen MR) is 69.1 cm³/mol. The summed E-state index contributed by atoms with van der Waals surface area (Å²) < 4.78 is 13.3. The van der Waals surface area contributed by atoms with Crippen LogP contribution in [0.3, 0.4) is 0 Å². The van der Waals surface area contributed by atoms with Gasteiger partial charge in [0.2, 0.25) is 0 Å². The van der Waals surface area contributed by atoms with Crippen molar-refractivity contribution in [1.29, 1.82) is 0 Å². The van der Waals surface area contributed by atoms with Gasteiger partial charge in [0.25, 0.3) is 0 Å². The highest BCUT2D eigenvalue weighted by Gasteiger charge is 2.16. The summed E-state index contributed by atoms with van der Waals surface area (Å²) in [6.07, 6.45) is 0. The summed E-state index contributed by atoms with van der Waals surface area (Å²) in [4.78, 5) is 0. The minimum absolute atomic E-state index is 0.0205. The van der Waals surface area contributed by atoms with Gasteiger partial charge in [-0.15, -0.1) is 0 Å². The minimum Gasteiger partial charge on any atom is -0.392 e. The summed E-state index contributed by atoms with van der Waals surface area (Å²) in [6, 6.07) is 2.47. The number of rotatable bonds is 5. The predicted octanol–water partition coefficient (Wildman–Crippen LogP) is 3.33. The largest absolute Gasteiger partial charge is 0.392 e. The number of aliphatic hydroxyl groups excluding tert-OH is 1. The quantitative estimate of drug-likeness (QED) is 0.639. The Hall–Kier alpha value is -0.610. The molecule has 0 fully saturated rings. The molecule has 0 bridgehead atoms. The van der Waals surface area contributed by atoms with Crippen molar-refractivity contribution < 1.29 is 9.50 Å². The number of nitrogens with one attached hydrogen (secondary N) is 1. The van der Waals surface area contributed by atoms with E-state index in [4.69, 9.17) is 28.3 Å². The van der Waals surface area contributed by atoms with E-state index < -0.39 is 5.82 Å². The van der Waals surface area contributed by atoms with Crippen molar-refractivity contribution >= 4 is 23.2 Å². The van der Waals surface area contributed by atoms with Crippen LogP contribution in [0.15, 0.2) is 24.3 Å². The van der Waals surface area contributed by atoms with E-state index in [1.807, 2.05) is 6.92 Å². The second kappa shape index (κ2) is 6.36. The van der Waals surface area contributed by atoms with Gasteiger partial charge in [-0.1, -0.05) is 29.8 Å². The van der Waals surface area contributed by atoms with Gasteiger partial charge in [0.15, 0.2) is 0 Å². The van der Waals surface area contributed by atoms with Crippen molar-refractivity contribution in [2.24, 2.45) is 0 Å². The molecule has 94 valence electrons. The lowest BCUT2D eigenvalue weighted by atomic mass is 10.1. The SMILES string of the molecule is C=C(CO)CNC(C)c1c(Cl)ccc(F)c1Cl. The number of aliphatic hydroxyl groups is 1. The van der Waals surface area contributed by atoms with Gasteiger partial charge >= 0.3 is 0 Å². The van der Waals surface area contributed by atoms with Crippen molar-refractivity contribution in [2.75, 3.05) is 13.2 Å². The van der Waals surface area contributed by atoms with Crippen molar-refractivity contribution in [1.82, 2.24) is 5.32 Å². The minimum atomic E-state index is -0.499. The zero-order valence-corrected chi connectivity index (χ0v) is 10.9. The first-order valence-corrected chi connectivity index (χ1v) is 5.87. The van der Waals surface area contributed by atoms with Crippen LogP contribution in [0.25, 0.3) is 0 Å². The third-order valence-electron chi connectivity index (χ3n) is 2.39. The average Bonchev–Trinajstić information content (AvgIpc) is 2.31. The molecule has 0 aliphatic carbocycles. The first-order chi connectivity index (χ1) is 7.97. The normalized spacial score (nSPS) is 12.5. The Morgan fingerprint density at radius 1 is 1.53 bits per heavy atom. The molecule has 0 aliphatic heterocycles. The highest BCUT2D eigenvalue weighted by Crippen LogP contribution is 2.32. The first kappa shape index (κ1) is 14.5. The van der Waals surface area contributed by atoms with E-state index in [9.17, 15) is 4.39 Å². The molecule has 2 N–H and O–H groups in total. The Bertz CT molecular complexity index is 423. The summed E-state index contributed by atoms with van der Waals surface area (Å²) in [6.45, 7) is 5.79. The van der Waals surface area contributed by atoms with Crippen LogP contribution in [0.2, 0.25) is 10.0 Å². The molecular formula is C12H14Cl2FNO. The summed E-state index contributed by atoms with van der Waals surface area (Å²) in [5, 5.41) is 12.3. The molecule has 1 unspecified atom stereocenters. The van der Waals surface area contributed by atoms with Crippen LogP contribution in [0, 0.1) is 5.82 Å². The van der Waals surface area contributed by atoms with E-state index in [1.165, 1.54) is 12.1 Å². The molecule has 0 saturated heterocycles. The van der Waals surface area contributed by atoms with Gasteiger partial charge in [-0.2, -0.15) is 0 Å². The van der Waals surface area contributed by atoms with Gasteiger partial charge < -0.3 is 10.4 Å². The van der Waals surface area contributed by atoms with Crippen LogP contribution in [0.4, 0.5) is 4.39 Å². The average molecular weight is 278 g/mol. The summed E-state index contributed by atoms with van der Waals surface area (Å²) in [5.74, 6) is -0.499. The van der Waals surface area contributed by atoms with Crippen LogP contribution in [0.5, 0.6) is 0 Å². The van der Waals surface area contributed by atoms with E-state index in [1.54, 1.807) is 0 Å². The van der Waals surface area contributed by atoms with Gasteiger partial charge in [0.05, 0.1) is 11.6 Å². The Morgan fingerprint density at radius 2 is 2.18 bits per heavy atom. The van der Waals surface area contributed by atoms with Crippen LogP contribution in [-0.2, 0) is 0 Å². The Labute approximate surface area is 110 Å². The van der Waals surface area contributed by atoms with E-state index in [0.29, 0.717) is 22.7 Å². The molecule has 2 nitrogen and oxygen atoms in total. The van der Waals surface area contributed by atoms with Crippen molar-refractivity contribution in [3.8, 4) is 0 Å². The van der Waals surface area contributed by atoms with E-state index >= 15 is 0 Å². The molecule has 0 aromatic heterocycles. The van der Waals surface area contributed by atoms with E-state index in [2.05, 4.69) is 11.9 Å². The maximum Gasteiger partial charge on any atom is 0.142 e. The fraction of sp³-hybridized carbons (Fsp3) is 0.333. The molecule has 17 heavy (non-hydrogen) atoms. The molecule has 5 heteroatoms. The van der Waals surface area contributed by atoms with Crippen LogP contribution < -0.4 is 5.32 Å². The van der Waals surface area contributed by atoms with Crippen molar-refractivity contribution in [2.45, 2.75) is 13.0 Å². The smallest absolute Gasteiger partial charge is 0.142 e. The van der Waals surface area contributed by atoms with Crippen molar-refractivity contribution in [3.05, 3.63) is 45.7 Å². The number of benzene rings is 1. The maximum absolute atomic E-state index is 13.3. The Balaban J connectivity index is 2.85. The number of hydrogen-bond acceptors (Lipinski definition) is 2. The molecule has 0 saturated carbocycles. The van der Waals surface area contributed by atoms with Crippen LogP contribution >= 0.6 is 23.2 Å². The zero-order chi connectivity index (χ0) is 13.0. The highest BCUT2D eigenvalue weighted by atomic mass is 35.5. The molecule has 0 aliphatic rings. The van der Waals surface area contributed by atoms with E-state index in [0.717, 1.165) is 0 Å². The van der Waals surface area contributed by atoms with Crippen LogP contribution in [-0.4, -0.2) is 18.3 Å². The number of hydrogen-bond donors (Lipinski definition) is 2. The number of halogens is 3. The van der Waals surface area contributed by atoms with Gasteiger partial charge in [-0.05, 0) is 24.6 Å². The first-order valence-electron chi connectivity index (χ1n) is 5.11. The lowest BCUT2D eigenvalue weighted by Crippen LogP contribution is -2.22. The molecule has 0 heterocycles. The Kier molecular flexibility index (Phi) is 5.40. The monoisotopic (exact) mass is 277 g/mol. The fourth-order valence-corrected chi connectivity index (χ4v) is 2.09. The van der Waals surface area contributed by atoms with Crippen LogP contribution in [0.1, 0.15) is 18.5 Å². The molecule has 0 radical (unpaired) electrons. The van der Waals surface area contributed by atoms with Gasteiger partial charge in [0, 0.05) is 23.2 Å². The highest BCUT2D eigenvalue weighted by molar-refractivity contribution is 6.36. The van der Waals surface area contributed by atoms with Gasteiger partial charge in [0.1, 0.15) is 5.82 Å². The van der Waals surface area contributed by atoms with Crippen molar-refractivity contribution in [3.63, 3.8) is 0 Å². The standard InChI is InChI=1S/C12H14Cl2FNO/c1-7(6-17)5-16-8(2)11-9(13)3-4-10(15)12(11)14/h3-4,8,16-17H,1,5-6H2,2H3. The van der Waals surface area contributed by atoms with E-state index in [-0.39, 0.29) is 17.7 Å². The maximum atomic E-state index is 13.3. The lowest BCUT2D eigenvalue weighted by molar-refractivity contribution is 0.326.